The molecule has 0 saturated heterocycles. The SMILES string of the molecule is O=C(NCC(=O)N(CCO)Cc1cccnc1)c1cc2cc(Cl)ccc2[nH]1. The van der Waals surface area contributed by atoms with Crippen LogP contribution in [0.2, 0.25) is 5.02 Å². The van der Waals surface area contributed by atoms with E-state index in [2.05, 4.69) is 15.3 Å². The fraction of sp³-hybridized carbons (Fsp3) is 0.211. The maximum atomic E-state index is 12.4. The molecule has 7 nitrogen and oxygen atoms in total. The summed E-state index contributed by atoms with van der Waals surface area (Å²) in [5.41, 5.74) is 1.98. The minimum absolute atomic E-state index is 0.164. The smallest absolute Gasteiger partial charge is 0.268 e. The number of H-pyrrole nitrogens is 1. The number of pyridine rings is 1. The largest absolute Gasteiger partial charge is 0.395 e. The number of halogens is 1. The molecular formula is C19H19ClN4O3. The highest BCUT2D eigenvalue weighted by atomic mass is 35.5. The van der Waals surface area contributed by atoms with Crippen LogP contribution in [0.1, 0.15) is 16.1 Å². The van der Waals surface area contributed by atoms with Crippen LogP contribution >= 0.6 is 11.6 Å². The summed E-state index contributed by atoms with van der Waals surface area (Å²) in [4.78, 5) is 33.3. The molecule has 0 spiro atoms. The predicted octanol–water partition coefficient (Wildman–Crippen LogP) is 1.97. The summed E-state index contributed by atoms with van der Waals surface area (Å²) < 4.78 is 0. The zero-order valence-corrected chi connectivity index (χ0v) is 15.2. The summed E-state index contributed by atoms with van der Waals surface area (Å²) >= 11 is 5.95. The third-order valence-corrected chi connectivity index (χ3v) is 4.28. The maximum Gasteiger partial charge on any atom is 0.268 e. The van der Waals surface area contributed by atoms with Crippen molar-refractivity contribution in [3.63, 3.8) is 0 Å². The molecule has 0 fully saturated rings. The molecule has 0 atom stereocenters. The lowest BCUT2D eigenvalue weighted by Crippen LogP contribution is -2.41. The molecule has 2 heterocycles. The van der Waals surface area contributed by atoms with Crippen LogP contribution in [-0.4, -0.2) is 51.5 Å². The van der Waals surface area contributed by atoms with E-state index in [4.69, 9.17) is 11.6 Å². The van der Waals surface area contributed by atoms with Gasteiger partial charge in [0.2, 0.25) is 5.91 Å². The molecule has 0 aliphatic heterocycles. The highest BCUT2D eigenvalue weighted by molar-refractivity contribution is 6.31. The van der Waals surface area contributed by atoms with Crippen LogP contribution in [0.3, 0.4) is 0 Å². The summed E-state index contributed by atoms with van der Waals surface area (Å²) in [6.45, 7) is 0.153. The Labute approximate surface area is 161 Å². The molecular weight excluding hydrogens is 368 g/mol. The van der Waals surface area contributed by atoms with E-state index in [1.165, 1.54) is 4.90 Å². The molecule has 3 rings (SSSR count). The number of carbonyl (C=O) groups is 2. The van der Waals surface area contributed by atoms with Gasteiger partial charge < -0.3 is 20.3 Å². The van der Waals surface area contributed by atoms with Crippen molar-refractivity contribution in [1.29, 1.82) is 0 Å². The number of amides is 2. The molecule has 0 aliphatic rings. The van der Waals surface area contributed by atoms with E-state index in [0.717, 1.165) is 16.5 Å². The summed E-state index contributed by atoms with van der Waals surface area (Å²) in [7, 11) is 0. The number of benzene rings is 1. The average Bonchev–Trinajstić information content (AvgIpc) is 3.09. The lowest BCUT2D eigenvalue weighted by molar-refractivity contribution is -0.131. The first kappa shape index (κ1) is 18.9. The van der Waals surface area contributed by atoms with Crippen LogP contribution in [0.25, 0.3) is 10.9 Å². The first-order valence-corrected chi connectivity index (χ1v) is 8.78. The van der Waals surface area contributed by atoms with Crippen molar-refractivity contribution >= 4 is 34.3 Å². The molecule has 0 radical (unpaired) electrons. The number of aromatic nitrogens is 2. The second-order valence-electron chi connectivity index (χ2n) is 6.00. The molecule has 2 amide bonds. The van der Waals surface area contributed by atoms with Crippen molar-refractivity contribution in [1.82, 2.24) is 20.2 Å². The fourth-order valence-corrected chi connectivity index (χ4v) is 2.89. The Balaban J connectivity index is 1.62. The van der Waals surface area contributed by atoms with E-state index >= 15 is 0 Å². The van der Waals surface area contributed by atoms with Gasteiger partial charge in [0, 0.05) is 41.4 Å². The molecule has 3 N–H and O–H groups in total. The second kappa shape index (κ2) is 8.66. The normalized spacial score (nSPS) is 10.7. The van der Waals surface area contributed by atoms with Gasteiger partial charge in [0.05, 0.1) is 13.2 Å². The van der Waals surface area contributed by atoms with Gasteiger partial charge in [-0.2, -0.15) is 0 Å². The molecule has 2 aromatic heterocycles. The third kappa shape index (κ3) is 4.84. The number of nitrogens with one attached hydrogen (secondary N) is 2. The summed E-state index contributed by atoms with van der Waals surface area (Å²) in [5, 5.41) is 13.2. The number of nitrogens with zero attached hydrogens (tertiary/aromatic N) is 2. The number of rotatable bonds is 7. The van der Waals surface area contributed by atoms with Crippen molar-refractivity contribution in [2.45, 2.75) is 6.54 Å². The van der Waals surface area contributed by atoms with Crippen LogP contribution in [-0.2, 0) is 11.3 Å². The minimum atomic E-state index is -0.388. The van der Waals surface area contributed by atoms with E-state index in [1.54, 1.807) is 42.7 Å². The highest BCUT2D eigenvalue weighted by Gasteiger charge is 2.16. The molecule has 140 valence electrons. The lowest BCUT2D eigenvalue weighted by Gasteiger charge is -2.21. The summed E-state index contributed by atoms with van der Waals surface area (Å²) in [6.07, 6.45) is 3.31. The fourth-order valence-electron chi connectivity index (χ4n) is 2.71. The topological polar surface area (TPSA) is 98.3 Å². The Bertz CT molecular complexity index is 943. The Morgan fingerprint density at radius 2 is 2.11 bits per heavy atom. The van der Waals surface area contributed by atoms with Gasteiger partial charge in [-0.1, -0.05) is 17.7 Å². The number of aromatic amines is 1. The number of carbonyl (C=O) groups excluding carboxylic acids is 2. The van der Waals surface area contributed by atoms with Gasteiger partial charge in [-0.25, -0.2) is 0 Å². The van der Waals surface area contributed by atoms with Crippen LogP contribution in [0.4, 0.5) is 0 Å². The first-order valence-electron chi connectivity index (χ1n) is 8.41. The van der Waals surface area contributed by atoms with Gasteiger partial charge in [-0.15, -0.1) is 0 Å². The van der Waals surface area contributed by atoms with Crippen LogP contribution in [0.15, 0.2) is 48.8 Å². The van der Waals surface area contributed by atoms with Gasteiger partial charge >= 0.3 is 0 Å². The van der Waals surface area contributed by atoms with Crippen molar-refractivity contribution in [2.24, 2.45) is 0 Å². The Kier molecular flexibility index (Phi) is 6.05. The standard InChI is InChI=1S/C19H19ClN4O3/c20-15-3-4-16-14(8-15)9-17(23-16)19(27)22-11-18(26)24(6-7-25)12-13-2-1-5-21-10-13/h1-5,8-10,23,25H,6-7,11-12H2,(H,22,27). The molecule has 0 saturated carbocycles. The first-order chi connectivity index (χ1) is 13.1. The Morgan fingerprint density at radius 1 is 1.26 bits per heavy atom. The number of hydrogen-bond donors (Lipinski definition) is 3. The zero-order chi connectivity index (χ0) is 19.2. The lowest BCUT2D eigenvalue weighted by atomic mass is 10.2. The van der Waals surface area contributed by atoms with E-state index in [-0.39, 0.29) is 31.5 Å². The van der Waals surface area contributed by atoms with Gasteiger partial charge in [0.25, 0.3) is 5.91 Å². The highest BCUT2D eigenvalue weighted by Crippen LogP contribution is 2.20. The van der Waals surface area contributed by atoms with E-state index in [1.807, 2.05) is 6.07 Å². The monoisotopic (exact) mass is 386 g/mol. The molecule has 8 heteroatoms. The van der Waals surface area contributed by atoms with Gasteiger partial charge in [-0.05, 0) is 35.9 Å². The summed E-state index contributed by atoms with van der Waals surface area (Å²) in [5.74, 6) is -0.679. The Hall–Kier alpha value is -2.90. The average molecular weight is 387 g/mol. The van der Waals surface area contributed by atoms with Gasteiger partial charge in [0.15, 0.2) is 0 Å². The second-order valence-corrected chi connectivity index (χ2v) is 6.43. The molecule has 1 aromatic carbocycles. The molecule has 0 aliphatic carbocycles. The summed E-state index contributed by atoms with van der Waals surface area (Å²) in [6, 6.07) is 10.6. The molecule has 27 heavy (non-hydrogen) atoms. The Morgan fingerprint density at radius 3 is 2.85 bits per heavy atom. The van der Waals surface area contributed by atoms with E-state index in [0.29, 0.717) is 17.3 Å². The number of hydrogen-bond acceptors (Lipinski definition) is 4. The zero-order valence-electron chi connectivity index (χ0n) is 14.5. The van der Waals surface area contributed by atoms with Crippen molar-refractivity contribution < 1.29 is 14.7 Å². The van der Waals surface area contributed by atoms with E-state index in [9.17, 15) is 14.7 Å². The minimum Gasteiger partial charge on any atom is -0.395 e. The predicted molar refractivity (Wildman–Crippen MR) is 102 cm³/mol. The number of aliphatic hydroxyl groups is 1. The van der Waals surface area contributed by atoms with Crippen LogP contribution in [0.5, 0.6) is 0 Å². The van der Waals surface area contributed by atoms with E-state index < -0.39 is 0 Å². The number of aliphatic hydroxyl groups excluding tert-OH is 1. The maximum absolute atomic E-state index is 12.4. The molecule has 3 aromatic rings. The van der Waals surface area contributed by atoms with Crippen LogP contribution in [0, 0.1) is 0 Å². The van der Waals surface area contributed by atoms with Crippen LogP contribution < -0.4 is 5.32 Å². The van der Waals surface area contributed by atoms with Crippen molar-refractivity contribution in [2.75, 3.05) is 19.7 Å². The number of fused-ring (bicyclic) bond motifs is 1. The van der Waals surface area contributed by atoms with Crippen molar-refractivity contribution in [3.05, 3.63) is 65.1 Å². The molecule has 0 unspecified atom stereocenters. The van der Waals surface area contributed by atoms with Gasteiger partial charge in [-0.3, -0.25) is 14.6 Å². The van der Waals surface area contributed by atoms with Gasteiger partial charge in [0.1, 0.15) is 5.69 Å². The van der Waals surface area contributed by atoms with Crippen molar-refractivity contribution in [3.8, 4) is 0 Å². The molecule has 0 bridgehead atoms. The quantitative estimate of drug-likeness (QED) is 0.578. The third-order valence-electron chi connectivity index (χ3n) is 4.05.